The lowest BCUT2D eigenvalue weighted by Crippen LogP contribution is -2.57. The van der Waals surface area contributed by atoms with Crippen molar-refractivity contribution in [2.45, 2.75) is 75.6 Å². The van der Waals surface area contributed by atoms with Gasteiger partial charge in [-0.05, 0) is 57.5 Å². The first-order chi connectivity index (χ1) is 12.9. The van der Waals surface area contributed by atoms with Gasteiger partial charge in [-0.3, -0.25) is 20.0 Å². The van der Waals surface area contributed by atoms with Gasteiger partial charge in [-0.25, -0.2) is 0 Å². The minimum absolute atomic E-state index is 0.153. The third kappa shape index (κ3) is 3.55. The van der Waals surface area contributed by atoms with Crippen molar-refractivity contribution < 1.29 is 9.57 Å². The van der Waals surface area contributed by atoms with E-state index >= 15 is 0 Å². The third-order valence-electron chi connectivity index (χ3n) is 7.28. The topological polar surface area (TPSA) is 61.0 Å². The maximum absolute atomic E-state index is 6.08. The zero-order chi connectivity index (χ0) is 17.3. The van der Waals surface area contributed by atoms with Crippen LogP contribution in [0.25, 0.3) is 0 Å². The van der Waals surface area contributed by atoms with E-state index in [2.05, 4.69) is 25.9 Å². The van der Waals surface area contributed by atoms with Crippen molar-refractivity contribution in [2.24, 2.45) is 5.92 Å². The first kappa shape index (κ1) is 17.8. The highest BCUT2D eigenvalue weighted by molar-refractivity contribution is 4.95. The Labute approximate surface area is 157 Å². The number of nitrogens with one attached hydrogen (secondary N) is 3. The highest BCUT2D eigenvalue weighted by Crippen LogP contribution is 2.34. The van der Waals surface area contributed by atoms with Gasteiger partial charge >= 0.3 is 0 Å². The molecule has 7 nitrogen and oxygen atoms in total. The lowest BCUT2D eigenvalue weighted by Gasteiger charge is -2.41. The fourth-order valence-electron chi connectivity index (χ4n) is 5.52. The van der Waals surface area contributed by atoms with E-state index in [4.69, 9.17) is 9.57 Å². The van der Waals surface area contributed by atoms with E-state index in [0.717, 1.165) is 38.9 Å². The van der Waals surface area contributed by atoms with Gasteiger partial charge in [-0.15, -0.1) is 0 Å². The minimum atomic E-state index is 0.153. The molecule has 5 fully saturated rings. The van der Waals surface area contributed by atoms with Crippen LogP contribution in [0, 0.1) is 5.92 Å². The summed E-state index contributed by atoms with van der Waals surface area (Å²) in [6, 6.07) is 1.37. The second-order valence-electron chi connectivity index (χ2n) is 8.74. The molecule has 0 bridgehead atoms. The van der Waals surface area contributed by atoms with Crippen LogP contribution in [0.15, 0.2) is 0 Å². The van der Waals surface area contributed by atoms with Gasteiger partial charge in [-0.2, -0.15) is 5.48 Å². The lowest BCUT2D eigenvalue weighted by atomic mass is 9.90. The summed E-state index contributed by atoms with van der Waals surface area (Å²) in [5.41, 5.74) is 3.36. The lowest BCUT2D eigenvalue weighted by molar-refractivity contribution is -0.0415. The molecule has 7 heteroatoms. The van der Waals surface area contributed by atoms with Gasteiger partial charge in [0.25, 0.3) is 0 Å². The van der Waals surface area contributed by atoms with Crippen molar-refractivity contribution in [1.29, 1.82) is 0 Å². The highest BCUT2D eigenvalue weighted by Gasteiger charge is 2.43. The molecular weight excluding hydrogens is 330 g/mol. The molecule has 1 aliphatic carbocycles. The van der Waals surface area contributed by atoms with Crippen LogP contribution in [0.5, 0.6) is 0 Å². The van der Waals surface area contributed by atoms with E-state index < -0.39 is 0 Å². The Morgan fingerprint density at radius 2 is 1.81 bits per heavy atom. The van der Waals surface area contributed by atoms with Crippen LogP contribution < -0.4 is 16.1 Å². The fourth-order valence-corrected chi connectivity index (χ4v) is 5.52. The molecule has 0 amide bonds. The maximum Gasteiger partial charge on any atom is 0.146 e. The second kappa shape index (κ2) is 7.99. The molecule has 0 aromatic rings. The van der Waals surface area contributed by atoms with E-state index in [0.29, 0.717) is 18.1 Å². The molecule has 0 aromatic carbocycles. The molecule has 0 spiro atoms. The van der Waals surface area contributed by atoms with Gasteiger partial charge in [-0.1, -0.05) is 6.42 Å². The molecule has 3 N–H and O–H groups in total. The molecule has 0 aromatic heterocycles. The van der Waals surface area contributed by atoms with Crippen LogP contribution in [-0.2, 0) is 9.57 Å². The number of rotatable bonds is 4. The normalized spacial score (nSPS) is 43.6. The molecule has 148 valence electrons. The van der Waals surface area contributed by atoms with Crippen molar-refractivity contribution in [2.75, 3.05) is 39.4 Å². The number of piperidine rings is 1. The summed E-state index contributed by atoms with van der Waals surface area (Å²) in [4.78, 5) is 11.4. The summed E-state index contributed by atoms with van der Waals surface area (Å²) in [6.07, 6.45) is 10.1. The Morgan fingerprint density at radius 3 is 2.62 bits per heavy atom. The van der Waals surface area contributed by atoms with Gasteiger partial charge in [0.2, 0.25) is 0 Å². The summed E-state index contributed by atoms with van der Waals surface area (Å²) in [7, 11) is 0. The molecule has 4 unspecified atom stereocenters. The van der Waals surface area contributed by atoms with Gasteiger partial charge < -0.3 is 10.1 Å². The van der Waals surface area contributed by atoms with Crippen molar-refractivity contribution in [3.05, 3.63) is 0 Å². The SMILES string of the molecule is C1CC(N2CCC[C@@H]2C2NC(C3CCNC(N4CCOCC4)C3)NO2)C1. The van der Waals surface area contributed by atoms with Gasteiger partial charge in [0, 0.05) is 19.1 Å². The van der Waals surface area contributed by atoms with Crippen molar-refractivity contribution in [1.82, 2.24) is 25.9 Å². The Kier molecular flexibility index (Phi) is 5.47. The predicted octanol–water partition coefficient (Wildman–Crippen LogP) is 0.438. The molecule has 5 atom stereocenters. The third-order valence-corrected chi connectivity index (χ3v) is 7.28. The number of hydrogen-bond donors (Lipinski definition) is 3. The summed E-state index contributed by atoms with van der Waals surface area (Å²) in [6.45, 7) is 6.18. The van der Waals surface area contributed by atoms with Crippen LogP contribution >= 0.6 is 0 Å². The van der Waals surface area contributed by atoms with Gasteiger partial charge in [0.05, 0.1) is 31.6 Å². The Balaban J connectivity index is 1.16. The molecule has 4 saturated heterocycles. The number of likely N-dealkylation sites (tertiary alicyclic amines) is 1. The average molecular weight is 366 g/mol. The van der Waals surface area contributed by atoms with E-state index in [1.807, 2.05) is 0 Å². The Hall–Kier alpha value is -0.280. The van der Waals surface area contributed by atoms with Crippen LogP contribution in [0.4, 0.5) is 0 Å². The van der Waals surface area contributed by atoms with E-state index in [1.54, 1.807) is 0 Å². The van der Waals surface area contributed by atoms with Gasteiger partial charge in [0.15, 0.2) is 0 Å². The Morgan fingerprint density at radius 1 is 0.923 bits per heavy atom. The summed E-state index contributed by atoms with van der Waals surface area (Å²) >= 11 is 0. The summed E-state index contributed by atoms with van der Waals surface area (Å²) in [5.74, 6) is 0.618. The first-order valence-corrected chi connectivity index (χ1v) is 10.9. The number of nitrogens with zero attached hydrogens (tertiary/aromatic N) is 2. The highest BCUT2D eigenvalue weighted by atomic mass is 16.7. The molecule has 4 heterocycles. The molecule has 5 aliphatic rings. The second-order valence-corrected chi connectivity index (χ2v) is 8.74. The smallest absolute Gasteiger partial charge is 0.146 e. The number of morpholine rings is 1. The zero-order valence-electron chi connectivity index (χ0n) is 15.9. The quantitative estimate of drug-likeness (QED) is 0.668. The van der Waals surface area contributed by atoms with E-state index in [1.165, 1.54) is 51.5 Å². The molecule has 0 radical (unpaired) electrons. The van der Waals surface area contributed by atoms with E-state index in [9.17, 15) is 0 Å². The number of hydrogen-bond acceptors (Lipinski definition) is 7. The van der Waals surface area contributed by atoms with E-state index in [-0.39, 0.29) is 12.4 Å². The van der Waals surface area contributed by atoms with Crippen LogP contribution in [0.1, 0.15) is 44.9 Å². The minimum Gasteiger partial charge on any atom is -0.379 e. The summed E-state index contributed by atoms with van der Waals surface area (Å²) in [5, 5.41) is 7.52. The molecule has 26 heavy (non-hydrogen) atoms. The number of hydroxylamine groups is 1. The van der Waals surface area contributed by atoms with Crippen LogP contribution in [0.3, 0.4) is 0 Å². The van der Waals surface area contributed by atoms with Crippen LogP contribution in [-0.4, -0.2) is 79.8 Å². The zero-order valence-corrected chi connectivity index (χ0v) is 15.9. The molecular formula is C19H35N5O2. The predicted molar refractivity (Wildman–Crippen MR) is 99.2 cm³/mol. The largest absolute Gasteiger partial charge is 0.379 e. The van der Waals surface area contributed by atoms with Crippen molar-refractivity contribution in [3.8, 4) is 0 Å². The number of ether oxygens (including phenoxy) is 1. The summed E-state index contributed by atoms with van der Waals surface area (Å²) < 4.78 is 5.51. The Bertz CT molecular complexity index is 471. The van der Waals surface area contributed by atoms with Crippen LogP contribution in [0.2, 0.25) is 0 Å². The standard InChI is InChI=1S/C19H35N5O2/c1-3-15(4-1)24-8-2-5-16(24)19-21-18(22-26-19)14-6-7-20-17(13-14)23-9-11-25-12-10-23/h14-22H,1-13H2/t14?,16-,17?,18?,19?/m1/s1. The molecule has 5 rings (SSSR count). The molecule has 1 saturated carbocycles. The van der Waals surface area contributed by atoms with Crippen molar-refractivity contribution >= 4 is 0 Å². The van der Waals surface area contributed by atoms with Gasteiger partial charge in [0.1, 0.15) is 6.23 Å². The first-order valence-electron chi connectivity index (χ1n) is 10.9. The van der Waals surface area contributed by atoms with Crippen molar-refractivity contribution in [3.63, 3.8) is 0 Å². The molecule has 4 aliphatic heterocycles. The monoisotopic (exact) mass is 365 g/mol. The average Bonchev–Trinajstić information content (AvgIpc) is 3.31. The fraction of sp³-hybridized carbons (Fsp3) is 1.00. The maximum atomic E-state index is 6.08.